The van der Waals surface area contributed by atoms with Gasteiger partial charge in [0.2, 0.25) is 5.91 Å². The van der Waals surface area contributed by atoms with E-state index in [1.54, 1.807) is 23.1 Å². The molecular formula is C18H17FN4O. The van der Waals surface area contributed by atoms with Gasteiger partial charge in [0.15, 0.2) is 0 Å². The summed E-state index contributed by atoms with van der Waals surface area (Å²) in [5.74, 6) is 0.0797. The fourth-order valence-corrected chi connectivity index (χ4v) is 2.87. The lowest BCUT2D eigenvalue weighted by atomic mass is 10.0. The van der Waals surface area contributed by atoms with E-state index in [4.69, 9.17) is 0 Å². The van der Waals surface area contributed by atoms with Crippen LogP contribution in [-0.4, -0.2) is 38.7 Å². The van der Waals surface area contributed by atoms with Crippen molar-refractivity contribution in [1.29, 1.82) is 0 Å². The third-order valence-corrected chi connectivity index (χ3v) is 4.40. The summed E-state index contributed by atoms with van der Waals surface area (Å²) >= 11 is 0. The molecule has 4 rings (SSSR count). The van der Waals surface area contributed by atoms with Gasteiger partial charge in [-0.05, 0) is 29.7 Å². The van der Waals surface area contributed by atoms with Crippen molar-refractivity contribution in [3.05, 3.63) is 48.3 Å². The van der Waals surface area contributed by atoms with E-state index in [-0.39, 0.29) is 12.5 Å². The number of nitrogens with zero attached hydrogens (tertiary/aromatic N) is 4. The minimum atomic E-state index is -0.494. The number of aromatic nitrogens is 3. The van der Waals surface area contributed by atoms with Crippen molar-refractivity contribution >= 4 is 16.9 Å². The Kier molecular flexibility index (Phi) is 3.72. The van der Waals surface area contributed by atoms with Gasteiger partial charge in [-0.15, -0.1) is 0 Å². The molecule has 1 saturated heterocycles. The van der Waals surface area contributed by atoms with Crippen molar-refractivity contribution < 1.29 is 9.18 Å². The molecule has 1 amide bonds. The molecule has 3 aromatic rings. The topological polar surface area (TPSA) is 51.0 Å². The molecule has 0 unspecified atom stereocenters. The van der Waals surface area contributed by atoms with Crippen LogP contribution < -0.4 is 0 Å². The highest BCUT2D eigenvalue weighted by molar-refractivity contribution is 5.83. The number of hydrogen-bond donors (Lipinski definition) is 0. The van der Waals surface area contributed by atoms with Gasteiger partial charge in [0.1, 0.15) is 18.7 Å². The Hall–Kier alpha value is -2.76. The van der Waals surface area contributed by atoms with E-state index < -0.39 is 6.67 Å². The largest absolute Gasteiger partial charge is 0.341 e. The molecule has 0 N–H and O–H groups in total. The van der Waals surface area contributed by atoms with Crippen molar-refractivity contribution in [2.45, 2.75) is 19.6 Å². The van der Waals surface area contributed by atoms with E-state index in [9.17, 15) is 9.18 Å². The Morgan fingerprint density at radius 2 is 2.04 bits per heavy atom. The number of carbonyl (C=O) groups is 1. The maximum atomic E-state index is 12.9. The van der Waals surface area contributed by atoms with E-state index in [0.717, 1.165) is 41.7 Å². The third kappa shape index (κ3) is 2.64. The number of hydrogen-bond acceptors (Lipinski definition) is 3. The van der Waals surface area contributed by atoms with Gasteiger partial charge in [-0.25, -0.2) is 4.39 Å². The molecule has 1 aliphatic heterocycles. The molecule has 1 aromatic carbocycles. The summed E-state index contributed by atoms with van der Waals surface area (Å²) in [6.07, 6.45) is 4.49. The van der Waals surface area contributed by atoms with Crippen LogP contribution in [0.25, 0.3) is 22.2 Å². The second kappa shape index (κ2) is 6.03. The van der Waals surface area contributed by atoms with E-state index in [1.807, 2.05) is 29.2 Å². The van der Waals surface area contributed by atoms with Crippen LogP contribution in [0.2, 0.25) is 0 Å². The summed E-state index contributed by atoms with van der Waals surface area (Å²) in [6, 6.07) is 9.28. The molecule has 0 radical (unpaired) electrons. The van der Waals surface area contributed by atoms with Crippen LogP contribution in [-0.2, 0) is 18.0 Å². The predicted molar refractivity (Wildman–Crippen MR) is 89.0 cm³/mol. The molecule has 0 aliphatic carbocycles. The highest BCUT2D eigenvalue weighted by atomic mass is 19.1. The summed E-state index contributed by atoms with van der Waals surface area (Å²) in [5, 5.41) is 4.29. The monoisotopic (exact) mass is 324 g/mol. The summed E-state index contributed by atoms with van der Waals surface area (Å²) in [5.41, 5.74) is 3.98. The molecule has 24 heavy (non-hydrogen) atoms. The summed E-state index contributed by atoms with van der Waals surface area (Å²) in [4.78, 5) is 18.4. The van der Waals surface area contributed by atoms with Gasteiger partial charge in [-0.2, -0.15) is 5.10 Å². The van der Waals surface area contributed by atoms with Crippen molar-refractivity contribution in [2.24, 2.45) is 0 Å². The summed E-state index contributed by atoms with van der Waals surface area (Å²) < 4.78 is 14.6. The highest BCUT2D eigenvalue weighted by Gasteiger charge is 2.21. The molecule has 0 atom stereocenters. The molecule has 0 saturated carbocycles. The van der Waals surface area contributed by atoms with Crippen LogP contribution in [0.4, 0.5) is 4.39 Å². The number of alkyl halides is 1. The van der Waals surface area contributed by atoms with E-state index >= 15 is 0 Å². The van der Waals surface area contributed by atoms with Gasteiger partial charge in [-0.3, -0.25) is 14.5 Å². The Balaban J connectivity index is 1.68. The second-order valence-electron chi connectivity index (χ2n) is 6.00. The zero-order valence-corrected chi connectivity index (χ0v) is 13.2. The summed E-state index contributed by atoms with van der Waals surface area (Å²) in [7, 11) is 0. The molecule has 6 heteroatoms. The fraction of sp³-hybridized carbons (Fsp3) is 0.278. The number of pyridine rings is 1. The van der Waals surface area contributed by atoms with Gasteiger partial charge in [0, 0.05) is 24.8 Å². The number of fused-ring (bicyclic) bond motifs is 1. The molecule has 0 spiro atoms. The van der Waals surface area contributed by atoms with Crippen LogP contribution in [0.5, 0.6) is 0 Å². The molecule has 5 nitrogen and oxygen atoms in total. The quantitative estimate of drug-likeness (QED) is 0.741. The Bertz CT molecular complexity index is 901. The molecular weight excluding hydrogens is 307 g/mol. The minimum absolute atomic E-state index is 0.0797. The Labute approximate surface area is 138 Å². The maximum absolute atomic E-state index is 12.9. The second-order valence-corrected chi connectivity index (χ2v) is 6.00. The Morgan fingerprint density at radius 3 is 2.79 bits per heavy atom. The van der Waals surface area contributed by atoms with Crippen molar-refractivity contribution in [1.82, 2.24) is 19.7 Å². The van der Waals surface area contributed by atoms with Crippen molar-refractivity contribution in [2.75, 3.05) is 13.1 Å². The summed E-state index contributed by atoms with van der Waals surface area (Å²) in [6.45, 7) is 1.39. The van der Waals surface area contributed by atoms with Crippen LogP contribution in [0.3, 0.4) is 0 Å². The lowest BCUT2D eigenvalue weighted by Gasteiger charge is -2.30. The lowest BCUT2D eigenvalue weighted by molar-refractivity contribution is -0.135. The SMILES string of the molecule is O=C(Cn1ncc2ncc(-c3cccc(CF)c3)cc21)N1CCC1. The molecule has 0 bridgehead atoms. The van der Waals surface area contributed by atoms with Gasteiger partial charge in [-0.1, -0.05) is 18.2 Å². The first-order valence-corrected chi connectivity index (χ1v) is 7.99. The van der Waals surface area contributed by atoms with Gasteiger partial charge < -0.3 is 4.90 Å². The molecule has 1 aliphatic rings. The maximum Gasteiger partial charge on any atom is 0.244 e. The zero-order chi connectivity index (χ0) is 16.5. The Morgan fingerprint density at radius 1 is 1.17 bits per heavy atom. The molecule has 3 heterocycles. The molecule has 122 valence electrons. The predicted octanol–water partition coefficient (Wildman–Crippen LogP) is 2.80. The number of rotatable bonds is 4. The average molecular weight is 324 g/mol. The minimum Gasteiger partial charge on any atom is -0.341 e. The van der Waals surface area contributed by atoms with E-state index in [1.165, 1.54) is 0 Å². The number of halogens is 1. The van der Waals surface area contributed by atoms with Crippen LogP contribution in [0.1, 0.15) is 12.0 Å². The van der Waals surface area contributed by atoms with Crippen LogP contribution in [0.15, 0.2) is 42.7 Å². The zero-order valence-electron chi connectivity index (χ0n) is 13.2. The van der Waals surface area contributed by atoms with Crippen LogP contribution >= 0.6 is 0 Å². The highest BCUT2D eigenvalue weighted by Crippen LogP contribution is 2.24. The normalized spacial score (nSPS) is 14.0. The van der Waals surface area contributed by atoms with E-state index in [2.05, 4.69) is 10.1 Å². The number of likely N-dealkylation sites (tertiary alicyclic amines) is 1. The first-order valence-electron chi connectivity index (χ1n) is 7.99. The first kappa shape index (κ1) is 14.8. The molecule has 2 aromatic heterocycles. The van der Waals surface area contributed by atoms with E-state index in [0.29, 0.717) is 5.56 Å². The fourth-order valence-electron chi connectivity index (χ4n) is 2.87. The standard InChI is InChI=1S/C18H17FN4O/c19-9-13-3-1-4-14(7-13)15-8-17-16(20-10-15)11-21-23(17)12-18(24)22-5-2-6-22/h1,3-4,7-8,10-11H,2,5-6,9,12H2. The van der Waals surface area contributed by atoms with Crippen LogP contribution in [0, 0.1) is 0 Å². The lowest BCUT2D eigenvalue weighted by Crippen LogP contribution is -2.43. The smallest absolute Gasteiger partial charge is 0.244 e. The van der Waals surface area contributed by atoms with Crippen molar-refractivity contribution in [3.8, 4) is 11.1 Å². The molecule has 1 fully saturated rings. The number of amides is 1. The van der Waals surface area contributed by atoms with Gasteiger partial charge >= 0.3 is 0 Å². The first-order chi connectivity index (χ1) is 11.7. The number of benzene rings is 1. The average Bonchev–Trinajstić information content (AvgIpc) is 2.95. The third-order valence-electron chi connectivity index (χ3n) is 4.40. The van der Waals surface area contributed by atoms with Gasteiger partial charge in [0.05, 0.1) is 11.7 Å². The number of carbonyl (C=O) groups excluding carboxylic acids is 1. The van der Waals surface area contributed by atoms with Gasteiger partial charge in [0.25, 0.3) is 0 Å². The van der Waals surface area contributed by atoms with Crippen molar-refractivity contribution in [3.63, 3.8) is 0 Å².